The highest BCUT2D eigenvalue weighted by atomic mass is 79.9. The first kappa shape index (κ1) is 16.1. The molecule has 2 N–H and O–H groups in total. The average Bonchev–Trinajstić information content (AvgIpc) is 2.61. The van der Waals surface area contributed by atoms with Crippen LogP contribution in [0.15, 0.2) is 71.6 Å². The van der Waals surface area contributed by atoms with Crippen molar-refractivity contribution in [2.45, 2.75) is 6.54 Å². The minimum Gasteiger partial charge on any atom is -0.355 e. The predicted octanol–water partition coefficient (Wildman–Crippen LogP) is 3.91. The van der Waals surface area contributed by atoms with Gasteiger partial charge >= 0.3 is 0 Å². The van der Waals surface area contributed by atoms with Gasteiger partial charge in [-0.2, -0.15) is 0 Å². The third-order valence-electron chi connectivity index (χ3n) is 3.31. The van der Waals surface area contributed by atoms with E-state index in [2.05, 4.69) is 36.5 Å². The van der Waals surface area contributed by atoms with Crippen LogP contribution in [-0.2, 0) is 6.54 Å². The number of pyridine rings is 2. The lowest BCUT2D eigenvalue weighted by molar-refractivity contribution is 0.0946. The summed E-state index contributed by atoms with van der Waals surface area (Å²) in [5.41, 5.74) is 3.08. The van der Waals surface area contributed by atoms with Gasteiger partial charge in [-0.3, -0.25) is 14.8 Å². The molecule has 0 aliphatic carbocycles. The van der Waals surface area contributed by atoms with E-state index in [1.165, 1.54) is 0 Å². The van der Waals surface area contributed by atoms with Gasteiger partial charge in [0.25, 0.3) is 5.91 Å². The molecule has 5 nitrogen and oxygen atoms in total. The van der Waals surface area contributed by atoms with Crippen LogP contribution in [0, 0.1) is 0 Å². The van der Waals surface area contributed by atoms with E-state index in [1.54, 1.807) is 24.7 Å². The van der Waals surface area contributed by atoms with Gasteiger partial charge in [-0.1, -0.05) is 22.0 Å². The number of amides is 1. The second-order valence-corrected chi connectivity index (χ2v) is 6.02. The Balaban J connectivity index is 1.67. The quantitative estimate of drug-likeness (QED) is 0.701. The molecule has 0 fully saturated rings. The molecule has 0 aliphatic heterocycles. The third-order valence-corrected chi connectivity index (χ3v) is 3.80. The molecular formula is C18H15BrN4O. The molecule has 0 saturated heterocycles. The summed E-state index contributed by atoms with van der Waals surface area (Å²) in [5, 5.41) is 6.11. The fraction of sp³-hybridized carbons (Fsp3) is 0.0556. The number of hydrogen-bond acceptors (Lipinski definition) is 4. The summed E-state index contributed by atoms with van der Waals surface area (Å²) in [5.74, 6) is -0.218. The Kier molecular flexibility index (Phi) is 5.18. The maximum Gasteiger partial charge on any atom is 0.270 e. The van der Waals surface area contributed by atoms with E-state index >= 15 is 0 Å². The zero-order valence-corrected chi connectivity index (χ0v) is 14.3. The summed E-state index contributed by atoms with van der Waals surface area (Å²) in [6.07, 6.45) is 5.01. The van der Waals surface area contributed by atoms with Gasteiger partial charge in [0.15, 0.2) is 0 Å². The summed E-state index contributed by atoms with van der Waals surface area (Å²) < 4.78 is 0.983. The summed E-state index contributed by atoms with van der Waals surface area (Å²) in [6, 6.07) is 15.1. The number of nitrogens with zero attached hydrogens (tertiary/aromatic N) is 2. The molecule has 3 aromatic rings. The van der Waals surface area contributed by atoms with Crippen molar-refractivity contribution >= 4 is 33.2 Å². The van der Waals surface area contributed by atoms with Gasteiger partial charge < -0.3 is 10.6 Å². The summed E-state index contributed by atoms with van der Waals surface area (Å²) in [7, 11) is 0. The van der Waals surface area contributed by atoms with Crippen molar-refractivity contribution in [1.29, 1.82) is 0 Å². The molecule has 1 aromatic carbocycles. The fourth-order valence-electron chi connectivity index (χ4n) is 2.14. The van der Waals surface area contributed by atoms with Crippen LogP contribution in [0.25, 0.3) is 0 Å². The predicted molar refractivity (Wildman–Crippen MR) is 97.1 cm³/mol. The number of rotatable bonds is 5. The van der Waals surface area contributed by atoms with E-state index in [9.17, 15) is 4.79 Å². The van der Waals surface area contributed by atoms with Crippen LogP contribution in [0.5, 0.6) is 0 Å². The van der Waals surface area contributed by atoms with Crippen LogP contribution in [0.2, 0.25) is 0 Å². The van der Waals surface area contributed by atoms with Crippen molar-refractivity contribution in [1.82, 2.24) is 15.3 Å². The Morgan fingerprint density at radius 1 is 1.00 bits per heavy atom. The molecular weight excluding hydrogens is 368 g/mol. The van der Waals surface area contributed by atoms with Crippen LogP contribution in [-0.4, -0.2) is 15.9 Å². The minimum atomic E-state index is -0.218. The maximum atomic E-state index is 12.3. The van der Waals surface area contributed by atoms with Crippen molar-refractivity contribution in [3.63, 3.8) is 0 Å². The number of benzene rings is 1. The highest BCUT2D eigenvalue weighted by molar-refractivity contribution is 9.10. The number of carbonyl (C=O) groups is 1. The minimum absolute atomic E-state index is 0.218. The van der Waals surface area contributed by atoms with Gasteiger partial charge in [0.2, 0.25) is 0 Å². The number of aromatic nitrogens is 2. The Bertz CT molecular complexity index is 839. The van der Waals surface area contributed by atoms with Crippen molar-refractivity contribution < 1.29 is 4.79 Å². The fourth-order valence-corrected chi connectivity index (χ4v) is 2.54. The standard InChI is InChI=1S/C18H15BrN4O/c19-14-2-1-3-15(10-14)23-16-6-9-21-17(11-16)18(24)22-12-13-4-7-20-8-5-13/h1-11H,12H2,(H,21,23)(H,22,24). The molecule has 0 unspecified atom stereocenters. The van der Waals surface area contributed by atoms with Crippen LogP contribution in [0.3, 0.4) is 0 Å². The van der Waals surface area contributed by atoms with E-state index in [1.807, 2.05) is 42.5 Å². The van der Waals surface area contributed by atoms with Gasteiger partial charge in [0.1, 0.15) is 5.69 Å². The van der Waals surface area contributed by atoms with Gasteiger partial charge in [0.05, 0.1) is 0 Å². The van der Waals surface area contributed by atoms with E-state index in [0.29, 0.717) is 12.2 Å². The van der Waals surface area contributed by atoms with Crippen molar-refractivity contribution in [2.24, 2.45) is 0 Å². The van der Waals surface area contributed by atoms with E-state index in [0.717, 1.165) is 21.4 Å². The Hall–Kier alpha value is -2.73. The lowest BCUT2D eigenvalue weighted by Crippen LogP contribution is -2.23. The van der Waals surface area contributed by atoms with Crippen LogP contribution >= 0.6 is 15.9 Å². The molecule has 0 aliphatic rings. The van der Waals surface area contributed by atoms with E-state index in [-0.39, 0.29) is 5.91 Å². The molecule has 0 spiro atoms. The number of carbonyl (C=O) groups excluding carboxylic acids is 1. The van der Waals surface area contributed by atoms with E-state index in [4.69, 9.17) is 0 Å². The van der Waals surface area contributed by atoms with Crippen LogP contribution < -0.4 is 10.6 Å². The number of halogens is 1. The highest BCUT2D eigenvalue weighted by Gasteiger charge is 2.08. The molecule has 3 rings (SSSR count). The topological polar surface area (TPSA) is 66.9 Å². The number of hydrogen-bond donors (Lipinski definition) is 2. The van der Waals surface area contributed by atoms with Crippen molar-refractivity contribution in [2.75, 3.05) is 5.32 Å². The molecule has 6 heteroatoms. The van der Waals surface area contributed by atoms with E-state index < -0.39 is 0 Å². The van der Waals surface area contributed by atoms with Gasteiger partial charge in [-0.05, 0) is 48.0 Å². The van der Waals surface area contributed by atoms with Crippen LogP contribution in [0.4, 0.5) is 11.4 Å². The highest BCUT2D eigenvalue weighted by Crippen LogP contribution is 2.20. The largest absolute Gasteiger partial charge is 0.355 e. The first-order valence-corrected chi connectivity index (χ1v) is 8.16. The zero-order valence-electron chi connectivity index (χ0n) is 12.7. The maximum absolute atomic E-state index is 12.3. The Morgan fingerprint density at radius 3 is 2.58 bits per heavy atom. The molecule has 120 valence electrons. The van der Waals surface area contributed by atoms with Crippen LogP contribution in [0.1, 0.15) is 16.1 Å². The molecule has 0 bridgehead atoms. The Morgan fingerprint density at radius 2 is 1.79 bits per heavy atom. The summed E-state index contributed by atoms with van der Waals surface area (Å²) >= 11 is 3.43. The van der Waals surface area contributed by atoms with Crippen molar-refractivity contribution in [3.8, 4) is 0 Å². The monoisotopic (exact) mass is 382 g/mol. The molecule has 0 radical (unpaired) electrons. The molecule has 2 heterocycles. The van der Waals surface area contributed by atoms with Gasteiger partial charge in [-0.15, -0.1) is 0 Å². The third kappa shape index (κ3) is 4.39. The Labute approximate surface area is 148 Å². The number of nitrogens with one attached hydrogen (secondary N) is 2. The second-order valence-electron chi connectivity index (χ2n) is 5.10. The lowest BCUT2D eigenvalue weighted by Gasteiger charge is -2.09. The van der Waals surface area contributed by atoms with Gasteiger partial charge in [-0.25, -0.2) is 0 Å². The van der Waals surface area contributed by atoms with Gasteiger partial charge in [0, 0.05) is 41.0 Å². The normalized spacial score (nSPS) is 10.2. The molecule has 1 amide bonds. The molecule has 2 aromatic heterocycles. The summed E-state index contributed by atoms with van der Waals surface area (Å²) in [4.78, 5) is 20.3. The average molecular weight is 383 g/mol. The SMILES string of the molecule is O=C(NCc1ccncc1)c1cc(Nc2cccc(Br)c2)ccn1. The first-order valence-electron chi connectivity index (χ1n) is 7.36. The number of anilines is 2. The second kappa shape index (κ2) is 7.70. The van der Waals surface area contributed by atoms with Crippen molar-refractivity contribution in [3.05, 3.63) is 82.9 Å². The molecule has 0 saturated carbocycles. The smallest absolute Gasteiger partial charge is 0.270 e. The first-order chi connectivity index (χ1) is 11.7. The zero-order chi connectivity index (χ0) is 16.8. The molecule has 24 heavy (non-hydrogen) atoms. The summed E-state index contributed by atoms with van der Waals surface area (Å²) in [6.45, 7) is 0.437. The molecule has 0 atom stereocenters. The lowest BCUT2D eigenvalue weighted by atomic mass is 10.2.